The zero-order valence-electron chi connectivity index (χ0n) is 12.2. The molecule has 110 valence electrons. The Balaban J connectivity index is 2.40. The normalized spacial score (nSPS) is 10.3. The first-order valence-corrected chi connectivity index (χ1v) is 6.42. The van der Waals surface area contributed by atoms with Crippen LogP contribution in [-0.4, -0.2) is 20.1 Å². The van der Waals surface area contributed by atoms with E-state index in [1.165, 1.54) is 24.1 Å². The lowest BCUT2D eigenvalue weighted by atomic mass is 10.1. The molecule has 0 saturated carbocycles. The lowest BCUT2D eigenvalue weighted by molar-refractivity contribution is 0.0992. The van der Waals surface area contributed by atoms with E-state index >= 15 is 0 Å². The second kappa shape index (κ2) is 5.83. The standard InChI is InChI=1S/C16H17FN2O2/c1-10-12(17)8-11(9-13(10)18)16(20)19(2)14-6-4-5-7-15(14)21-3/h4-9H,18H2,1-3H3. The van der Waals surface area contributed by atoms with Crippen molar-refractivity contribution in [3.05, 3.63) is 53.3 Å². The molecule has 0 aliphatic heterocycles. The van der Waals surface area contributed by atoms with Gasteiger partial charge in [0.15, 0.2) is 0 Å². The van der Waals surface area contributed by atoms with E-state index in [0.717, 1.165) is 0 Å². The number of rotatable bonds is 3. The molecule has 0 heterocycles. The number of carbonyl (C=O) groups excluding carboxylic acids is 1. The molecule has 0 aliphatic rings. The highest BCUT2D eigenvalue weighted by atomic mass is 19.1. The molecule has 4 nitrogen and oxygen atoms in total. The minimum Gasteiger partial charge on any atom is -0.495 e. The summed E-state index contributed by atoms with van der Waals surface area (Å²) in [6, 6.07) is 9.79. The van der Waals surface area contributed by atoms with E-state index in [1.807, 2.05) is 6.07 Å². The smallest absolute Gasteiger partial charge is 0.258 e. The maximum Gasteiger partial charge on any atom is 0.258 e. The maximum atomic E-state index is 13.7. The lowest BCUT2D eigenvalue weighted by Crippen LogP contribution is -2.27. The second-order valence-electron chi connectivity index (χ2n) is 4.71. The van der Waals surface area contributed by atoms with Crippen LogP contribution in [-0.2, 0) is 0 Å². The van der Waals surface area contributed by atoms with Gasteiger partial charge in [0.05, 0.1) is 12.8 Å². The van der Waals surface area contributed by atoms with Crippen molar-refractivity contribution in [2.75, 3.05) is 24.8 Å². The maximum absolute atomic E-state index is 13.7. The van der Waals surface area contributed by atoms with Crippen molar-refractivity contribution < 1.29 is 13.9 Å². The van der Waals surface area contributed by atoms with E-state index in [-0.39, 0.29) is 17.2 Å². The molecule has 0 aromatic heterocycles. The molecular weight excluding hydrogens is 271 g/mol. The average Bonchev–Trinajstić information content (AvgIpc) is 2.50. The van der Waals surface area contributed by atoms with Gasteiger partial charge in [0.25, 0.3) is 5.91 Å². The number of anilines is 2. The molecule has 2 N–H and O–H groups in total. The van der Waals surface area contributed by atoms with Gasteiger partial charge < -0.3 is 15.4 Å². The number of nitrogens with zero attached hydrogens (tertiary/aromatic N) is 1. The number of hydrogen-bond donors (Lipinski definition) is 1. The summed E-state index contributed by atoms with van der Waals surface area (Å²) in [6.45, 7) is 1.57. The zero-order chi connectivity index (χ0) is 15.6. The molecule has 0 fully saturated rings. The predicted octanol–water partition coefficient (Wildman–Crippen LogP) is 3.00. The number of carbonyl (C=O) groups is 1. The Kier molecular flexibility index (Phi) is 4.12. The number of hydrogen-bond acceptors (Lipinski definition) is 3. The van der Waals surface area contributed by atoms with Gasteiger partial charge in [-0.3, -0.25) is 4.79 Å². The van der Waals surface area contributed by atoms with Crippen LogP contribution in [0.3, 0.4) is 0 Å². The second-order valence-corrected chi connectivity index (χ2v) is 4.71. The van der Waals surface area contributed by atoms with E-state index in [4.69, 9.17) is 10.5 Å². The Morgan fingerprint density at radius 3 is 2.57 bits per heavy atom. The van der Waals surface area contributed by atoms with E-state index < -0.39 is 5.82 Å². The molecule has 0 aliphatic carbocycles. The molecule has 1 amide bonds. The van der Waals surface area contributed by atoms with Crippen LogP contribution in [0, 0.1) is 12.7 Å². The molecular formula is C16H17FN2O2. The first-order valence-electron chi connectivity index (χ1n) is 6.42. The van der Waals surface area contributed by atoms with Gasteiger partial charge in [-0.25, -0.2) is 4.39 Å². The van der Waals surface area contributed by atoms with Crippen LogP contribution in [0.1, 0.15) is 15.9 Å². The van der Waals surface area contributed by atoms with Crippen LogP contribution < -0.4 is 15.4 Å². The molecule has 21 heavy (non-hydrogen) atoms. The van der Waals surface area contributed by atoms with Crippen LogP contribution in [0.4, 0.5) is 15.8 Å². The zero-order valence-corrected chi connectivity index (χ0v) is 12.2. The molecule has 2 rings (SSSR count). The fourth-order valence-electron chi connectivity index (χ4n) is 2.03. The molecule has 0 bridgehead atoms. The van der Waals surface area contributed by atoms with E-state index in [1.54, 1.807) is 32.2 Å². The van der Waals surface area contributed by atoms with Gasteiger partial charge in [-0.1, -0.05) is 12.1 Å². The van der Waals surface area contributed by atoms with E-state index in [2.05, 4.69) is 0 Å². The van der Waals surface area contributed by atoms with Crippen LogP contribution in [0.2, 0.25) is 0 Å². The minimum atomic E-state index is -0.494. The lowest BCUT2D eigenvalue weighted by Gasteiger charge is -2.20. The highest BCUT2D eigenvalue weighted by molar-refractivity contribution is 6.07. The van der Waals surface area contributed by atoms with Crippen molar-refractivity contribution in [2.45, 2.75) is 6.92 Å². The molecule has 5 heteroatoms. The number of methoxy groups -OCH3 is 1. The highest BCUT2D eigenvalue weighted by Crippen LogP contribution is 2.28. The summed E-state index contributed by atoms with van der Waals surface area (Å²) in [7, 11) is 3.13. The Morgan fingerprint density at radius 2 is 1.95 bits per heavy atom. The summed E-state index contributed by atoms with van der Waals surface area (Å²) in [5.74, 6) is -0.286. The Labute approximate surface area is 122 Å². The third-order valence-electron chi connectivity index (χ3n) is 3.38. The Bertz CT molecular complexity index is 663. The quantitative estimate of drug-likeness (QED) is 0.883. The molecule has 2 aromatic rings. The number of nitrogen functional groups attached to an aromatic ring is 1. The van der Waals surface area contributed by atoms with Gasteiger partial charge in [-0.05, 0) is 31.2 Å². The van der Waals surface area contributed by atoms with Crippen molar-refractivity contribution >= 4 is 17.3 Å². The summed E-state index contributed by atoms with van der Waals surface area (Å²) in [5, 5.41) is 0. The summed E-state index contributed by atoms with van der Waals surface area (Å²) >= 11 is 0. The van der Waals surface area contributed by atoms with Gasteiger partial charge in [0, 0.05) is 23.9 Å². The third kappa shape index (κ3) is 2.81. The fraction of sp³-hybridized carbons (Fsp3) is 0.188. The topological polar surface area (TPSA) is 55.6 Å². The Morgan fingerprint density at radius 1 is 1.29 bits per heavy atom. The van der Waals surface area contributed by atoms with Crippen molar-refractivity contribution in [3.63, 3.8) is 0 Å². The number of para-hydroxylation sites is 2. The molecule has 0 unspecified atom stereocenters. The highest BCUT2D eigenvalue weighted by Gasteiger charge is 2.18. The van der Waals surface area contributed by atoms with Gasteiger partial charge in [-0.2, -0.15) is 0 Å². The fourth-order valence-corrected chi connectivity index (χ4v) is 2.03. The Hall–Kier alpha value is -2.56. The number of nitrogens with two attached hydrogens (primary N) is 1. The average molecular weight is 288 g/mol. The summed E-state index contributed by atoms with van der Waals surface area (Å²) < 4.78 is 19.0. The van der Waals surface area contributed by atoms with Crippen molar-refractivity contribution in [2.24, 2.45) is 0 Å². The molecule has 0 radical (unpaired) electrons. The van der Waals surface area contributed by atoms with Crippen LogP contribution in [0.25, 0.3) is 0 Å². The summed E-state index contributed by atoms with van der Waals surface area (Å²) in [6.07, 6.45) is 0. The molecule has 0 spiro atoms. The first kappa shape index (κ1) is 14.8. The summed E-state index contributed by atoms with van der Waals surface area (Å²) in [5.41, 5.74) is 7.11. The predicted molar refractivity (Wildman–Crippen MR) is 81.3 cm³/mol. The SMILES string of the molecule is COc1ccccc1N(C)C(=O)c1cc(N)c(C)c(F)c1. The first-order chi connectivity index (χ1) is 9.95. The molecule has 2 aromatic carbocycles. The monoisotopic (exact) mass is 288 g/mol. The molecule has 0 atom stereocenters. The number of benzene rings is 2. The van der Waals surface area contributed by atoms with E-state index in [9.17, 15) is 9.18 Å². The van der Waals surface area contributed by atoms with Crippen molar-refractivity contribution in [3.8, 4) is 5.75 Å². The molecule has 0 saturated heterocycles. The third-order valence-corrected chi connectivity index (χ3v) is 3.38. The van der Waals surface area contributed by atoms with Crippen LogP contribution in [0.15, 0.2) is 36.4 Å². The van der Waals surface area contributed by atoms with Crippen molar-refractivity contribution in [1.82, 2.24) is 0 Å². The van der Waals surface area contributed by atoms with Crippen LogP contribution in [0.5, 0.6) is 5.75 Å². The van der Waals surface area contributed by atoms with E-state index in [0.29, 0.717) is 17.0 Å². The minimum absolute atomic E-state index is 0.198. The van der Waals surface area contributed by atoms with Crippen LogP contribution >= 0.6 is 0 Å². The number of amides is 1. The van der Waals surface area contributed by atoms with Gasteiger partial charge in [-0.15, -0.1) is 0 Å². The number of ether oxygens (including phenoxy) is 1. The van der Waals surface area contributed by atoms with Crippen molar-refractivity contribution in [1.29, 1.82) is 0 Å². The van der Waals surface area contributed by atoms with Gasteiger partial charge in [0.2, 0.25) is 0 Å². The van der Waals surface area contributed by atoms with Gasteiger partial charge in [0.1, 0.15) is 11.6 Å². The largest absolute Gasteiger partial charge is 0.495 e. The number of halogens is 1. The summed E-state index contributed by atoms with van der Waals surface area (Å²) in [4.78, 5) is 13.9. The van der Waals surface area contributed by atoms with Gasteiger partial charge >= 0.3 is 0 Å².